The average molecular weight is 236 g/mol. The summed E-state index contributed by atoms with van der Waals surface area (Å²) in [4.78, 5) is 17.6. The van der Waals surface area contributed by atoms with Gasteiger partial charge in [-0.05, 0) is 0 Å². The Morgan fingerprint density at radius 1 is 1.50 bits per heavy atom. The smallest absolute Gasteiger partial charge is 0.348 e. The number of hydrogen-bond donors (Lipinski definition) is 3. The maximum Gasteiger partial charge on any atom is 0.401 e. The second-order valence-electron chi connectivity index (χ2n) is 3.03. The molecular weight excluding hydrogens is 225 g/mol. The zero-order valence-corrected chi connectivity index (χ0v) is 8.27. The Morgan fingerprint density at radius 2 is 2.25 bits per heavy atom. The zero-order chi connectivity index (χ0) is 12.0. The van der Waals surface area contributed by atoms with Crippen LogP contribution >= 0.6 is 0 Å². The molecule has 0 atom stereocenters. The second kappa shape index (κ2) is 5.50. The van der Waals surface area contributed by atoms with Crippen LogP contribution < -0.4 is 10.6 Å². The van der Waals surface area contributed by atoms with Crippen LogP contribution in [0.15, 0.2) is 12.4 Å². The quantitative estimate of drug-likeness (QED) is 0.683. The van der Waals surface area contributed by atoms with Gasteiger partial charge < -0.3 is 15.6 Å². The summed E-state index contributed by atoms with van der Waals surface area (Å²) >= 11 is 0. The van der Waals surface area contributed by atoms with Crippen molar-refractivity contribution in [1.82, 2.24) is 20.6 Å². The van der Waals surface area contributed by atoms with E-state index in [0.29, 0.717) is 5.82 Å². The first-order chi connectivity index (χ1) is 7.47. The molecule has 3 N–H and O–H groups in total. The third-order valence-electron chi connectivity index (χ3n) is 1.62. The van der Waals surface area contributed by atoms with Gasteiger partial charge in [0, 0.05) is 12.4 Å². The SMILES string of the molecule is O=C(CNCC(F)(F)F)NCc1ncc[nH]1. The van der Waals surface area contributed by atoms with Gasteiger partial charge in [0.2, 0.25) is 5.91 Å². The molecule has 0 aliphatic heterocycles. The van der Waals surface area contributed by atoms with Gasteiger partial charge in [-0.3, -0.25) is 4.79 Å². The van der Waals surface area contributed by atoms with Gasteiger partial charge in [-0.1, -0.05) is 0 Å². The molecule has 1 aromatic heterocycles. The number of amides is 1. The monoisotopic (exact) mass is 236 g/mol. The Labute approximate surface area is 89.4 Å². The summed E-state index contributed by atoms with van der Waals surface area (Å²) in [7, 11) is 0. The van der Waals surface area contributed by atoms with Crippen molar-refractivity contribution in [2.75, 3.05) is 13.1 Å². The number of H-pyrrole nitrogens is 1. The van der Waals surface area contributed by atoms with Crippen LogP contribution in [0.1, 0.15) is 5.82 Å². The van der Waals surface area contributed by atoms with Crippen molar-refractivity contribution in [2.45, 2.75) is 12.7 Å². The van der Waals surface area contributed by atoms with E-state index < -0.39 is 18.6 Å². The summed E-state index contributed by atoms with van der Waals surface area (Å²) in [6.07, 6.45) is -1.20. The molecule has 1 amide bonds. The molecule has 1 aromatic rings. The Kier molecular flexibility index (Phi) is 4.29. The number of rotatable bonds is 5. The van der Waals surface area contributed by atoms with Gasteiger partial charge in [0.05, 0.1) is 19.6 Å². The first-order valence-corrected chi connectivity index (χ1v) is 4.50. The summed E-state index contributed by atoms with van der Waals surface area (Å²) in [5.41, 5.74) is 0. The second-order valence-corrected chi connectivity index (χ2v) is 3.03. The number of hydrogen-bond acceptors (Lipinski definition) is 3. The molecule has 0 aromatic carbocycles. The van der Waals surface area contributed by atoms with Gasteiger partial charge in [-0.2, -0.15) is 13.2 Å². The molecule has 1 rings (SSSR count). The molecule has 90 valence electrons. The number of carbonyl (C=O) groups is 1. The number of aromatic nitrogens is 2. The van der Waals surface area contributed by atoms with Crippen LogP contribution in [0.5, 0.6) is 0 Å². The fraction of sp³-hybridized carbons (Fsp3) is 0.500. The summed E-state index contributed by atoms with van der Waals surface area (Å²) in [5, 5.41) is 4.40. The zero-order valence-electron chi connectivity index (χ0n) is 8.27. The van der Waals surface area contributed by atoms with Crippen LogP contribution in [0.25, 0.3) is 0 Å². The Bertz CT molecular complexity index is 323. The minimum Gasteiger partial charge on any atom is -0.348 e. The van der Waals surface area contributed by atoms with Gasteiger partial charge >= 0.3 is 6.18 Å². The topological polar surface area (TPSA) is 69.8 Å². The van der Waals surface area contributed by atoms with Crippen LogP contribution in [0.2, 0.25) is 0 Å². The van der Waals surface area contributed by atoms with Crippen LogP contribution in [-0.4, -0.2) is 35.1 Å². The highest BCUT2D eigenvalue weighted by Gasteiger charge is 2.26. The van der Waals surface area contributed by atoms with E-state index in [4.69, 9.17) is 0 Å². The third-order valence-corrected chi connectivity index (χ3v) is 1.62. The van der Waals surface area contributed by atoms with Crippen molar-refractivity contribution in [1.29, 1.82) is 0 Å². The molecule has 0 spiro atoms. The summed E-state index contributed by atoms with van der Waals surface area (Å²) in [5.74, 6) is 0.0322. The molecule has 0 fully saturated rings. The molecule has 0 saturated carbocycles. The van der Waals surface area contributed by atoms with Gasteiger partial charge in [0.1, 0.15) is 5.82 Å². The predicted molar refractivity (Wildman–Crippen MR) is 49.4 cm³/mol. The van der Waals surface area contributed by atoms with Crippen LogP contribution in [0.4, 0.5) is 13.2 Å². The molecular formula is C8H11F3N4O. The van der Waals surface area contributed by atoms with Gasteiger partial charge in [-0.15, -0.1) is 0 Å². The number of aromatic amines is 1. The van der Waals surface area contributed by atoms with Crippen molar-refractivity contribution in [2.24, 2.45) is 0 Å². The van der Waals surface area contributed by atoms with E-state index in [0.717, 1.165) is 0 Å². The molecule has 5 nitrogen and oxygen atoms in total. The molecule has 0 saturated heterocycles. The third kappa shape index (κ3) is 5.35. The van der Waals surface area contributed by atoms with Crippen molar-refractivity contribution in [3.8, 4) is 0 Å². The first kappa shape index (κ1) is 12.5. The number of nitrogens with zero attached hydrogens (tertiary/aromatic N) is 1. The fourth-order valence-corrected chi connectivity index (χ4v) is 0.957. The largest absolute Gasteiger partial charge is 0.401 e. The fourth-order valence-electron chi connectivity index (χ4n) is 0.957. The Balaban J connectivity index is 2.12. The standard InChI is InChI=1S/C8H11F3N4O/c9-8(10,11)5-12-4-7(16)15-3-6-13-1-2-14-6/h1-2,12H,3-5H2,(H,13,14)(H,15,16). The number of imidazole rings is 1. The molecule has 8 heteroatoms. The number of halogens is 3. The summed E-state index contributed by atoms with van der Waals surface area (Å²) in [6.45, 7) is -1.39. The minimum atomic E-state index is -4.30. The first-order valence-electron chi connectivity index (χ1n) is 4.50. The number of carbonyl (C=O) groups excluding carboxylic acids is 1. The van der Waals surface area contributed by atoms with E-state index in [1.54, 1.807) is 6.20 Å². The Hall–Kier alpha value is -1.57. The highest BCUT2D eigenvalue weighted by molar-refractivity contribution is 5.77. The molecule has 0 aliphatic rings. The predicted octanol–water partition coefficient (Wildman–Crippen LogP) is 0.178. The maximum atomic E-state index is 11.7. The molecule has 16 heavy (non-hydrogen) atoms. The van der Waals surface area contributed by atoms with E-state index >= 15 is 0 Å². The molecule has 0 radical (unpaired) electrons. The van der Waals surface area contributed by atoms with E-state index in [-0.39, 0.29) is 13.1 Å². The summed E-state index contributed by atoms with van der Waals surface area (Å²) < 4.78 is 35.1. The number of nitrogens with one attached hydrogen (secondary N) is 3. The summed E-state index contributed by atoms with van der Waals surface area (Å²) in [6, 6.07) is 0. The van der Waals surface area contributed by atoms with Crippen LogP contribution in [0.3, 0.4) is 0 Å². The van der Waals surface area contributed by atoms with Gasteiger partial charge in [0.25, 0.3) is 0 Å². The lowest BCUT2D eigenvalue weighted by Crippen LogP contribution is -2.38. The van der Waals surface area contributed by atoms with E-state index in [9.17, 15) is 18.0 Å². The van der Waals surface area contributed by atoms with Crippen LogP contribution in [-0.2, 0) is 11.3 Å². The Morgan fingerprint density at radius 3 is 2.81 bits per heavy atom. The van der Waals surface area contributed by atoms with Gasteiger partial charge in [-0.25, -0.2) is 4.98 Å². The van der Waals surface area contributed by atoms with Crippen LogP contribution in [0, 0.1) is 0 Å². The van der Waals surface area contributed by atoms with E-state index in [2.05, 4.69) is 15.3 Å². The van der Waals surface area contributed by atoms with Crippen molar-refractivity contribution in [3.63, 3.8) is 0 Å². The van der Waals surface area contributed by atoms with Crippen molar-refractivity contribution < 1.29 is 18.0 Å². The van der Waals surface area contributed by atoms with E-state index in [1.165, 1.54) is 6.20 Å². The lowest BCUT2D eigenvalue weighted by atomic mass is 10.5. The van der Waals surface area contributed by atoms with Crippen molar-refractivity contribution in [3.05, 3.63) is 18.2 Å². The molecule has 1 heterocycles. The molecule has 0 bridgehead atoms. The molecule has 0 aliphatic carbocycles. The lowest BCUT2D eigenvalue weighted by molar-refractivity contribution is -0.128. The maximum absolute atomic E-state index is 11.7. The number of alkyl halides is 3. The molecule has 0 unspecified atom stereocenters. The highest BCUT2D eigenvalue weighted by Crippen LogP contribution is 2.11. The van der Waals surface area contributed by atoms with Crippen molar-refractivity contribution >= 4 is 5.91 Å². The highest BCUT2D eigenvalue weighted by atomic mass is 19.4. The normalized spacial score (nSPS) is 11.4. The van der Waals surface area contributed by atoms with Gasteiger partial charge in [0.15, 0.2) is 0 Å². The average Bonchev–Trinajstić information content (AvgIpc) is 2.65. The lowest BCUT2D eigenvalue weighted by Gasteiger charge is -2.07. The minimum absolute atomic E-state index is 0.166. The van der Waals surface area contributed by atoms with E-state index in [1.807, 2.05) is 5.32 Å².